The summed E-state index contributed by atoms with van der Waals surface area (Å²) in [6, 6.07) is 7.15. The van der Waals surface area contributed by atoms with E-state index >= 15 is 0 Å². The number of hydrogen-bond acceptors (Lipinski definition) is 5. The average molecular weight is 482 g/mol. The molecule has 35 heavy (non-hydrogen) atoms. The van der Waals surface area contributed by atoms with Gasteiger partial charge in [0, 0.05) is 18.7 Å². The SMILES string of the molecule is CCCCN1C(=O)c2cc(C(=O)Nc3cc(C)ccc3OC)nn2C[C@]1(C)C(=O)NC1CCCC1. The van der Waals surface area contributed by atoms with Crippen molar-refractivity contribution in [2.45, 2.75) is 77.4 Å². The van der Waals surface area contributed by atoms with E-state index in [0.29, 0.717) is 23.7 Å². The molecule has 2 aromatic rings. The Kier molecular flexibility index (Phi) is 7.14. The standard InChI is InChI=1S/C26H35N5O4/c1-5-6-13-30-24(33)21-15-20(23(32)28-19-14-17(2)11-12-22(19)35-4)29-31(21)16-26(30,3)25(34)27-18-9-7-8-10-18/h11-12,14-15,18H,5-10,13,16H2,1-4H3,(H,27,34)(H,28,32)/t26-/m1/s1. The van der Waals surface area contributed by atoms with Gasteiger partial charge in [-0.3, -0.25) is 19.1 Å². The van der Waals surface area contributed by atoms with Crippen LogP contribution in [0.25, 0.3) is 0 Å². The Morgan fingerprint density at radius 3 is 2.66 bits per heavy atom. The number of anilines is 1. The number of aromatic nitrogens is 2. The highest BCUT2D eigenvalue weighted by atomic mass is 16.5. The fraction of sp³-hybridized carbons (Fsp3) is 0.538. The second-order valence-electron chi connectivity index (χ2n) is 9.77. The summed E-state index contributed by atoms with van der Waals surface area (Å²) in [4.78, 5) is 41.7. The largest absolute Gasteiger partial charge is 0.495 e. The number of methoxy groups -OCH3 is 1. The van der Waals surface area contributed by atoms with E-state index in [-0.39, 0.29) is 30.1 Å². The topological polar surface area (TPSA) is 106 Å². The van der Waals surface area contributed by atoms with Crippen LogP contribution in [0.1, 0.15) is 78.9 Å². The summed E-state index contributed by atoms with van der Waals surface area (Å²) in [5.74, 6) is -0.356. The minimum Gasteiger partial charge on any atom is -0.495 e. The molecule has 0 saturated heterocycles. The van der Waals surface area contributed by atoms with E-state index in [1.165, 1.54) is 17.9 Å². The highest BCUT2D eigenvalue weighted by Crippen LogP contribution is 2.30. The number of unbranched alkanes of at least 4 members (excludes halogenated alkanes) is 1. The van der Waals surface area contributed by atoms with Crippen molar-refractivity contribution in [3.8, 4) is 5.75 Å². The first-order chi connectivity index (χ1) is 16.8. The fourth-order valence-corrected chi connectivity index (χ4v) is 4.94. The van der Waals surface area contributed by atoms with Crippen molar-refractivity contribution >= 4 is 23.4 Å². The molecule has 9 heteroatoms. The Morgan fingerprint density at radius 1 is 1.23 bits per heavy atom. The molecule has 0 spiro atoms. The zero-order valence-corrected chi connectivity index (χ0v) is 21.0. The van der Waals surface area contributed by atoms with Gasteiger partial charge < -0.3 is 20.3 Å². The van der Waals surface area contributed by atoms with Gasteiger partial charge in [0.25, 0.3) is 11.8 Å². The van der Waals surface area contributed by atoms with Crippen LogP contribution in [0.4, 0.5) is 5.69 Å². The number of carbonyl (C=O) groups excluding carboxylic acids is 3. The molecule has 2 N–H and O–H groups in total. The molecule has 0 unspecified atom stereocenters. The third-order valence-corrected chi connectivity index (χ3v) is 7.05. The molecule has 1 atom stereocenters. The van der Waals surface area contributed by atoms with Crippen LogP contribution >= 0.6 is 0 Å². The molecule has 2 aliphatic rings. The predicted molar refractivity (Wildman–Crippen MR) is 133 cm³/mol. The van der Waals surface area contributed by atoms with Gasteiger partial charge in [-0.2, -0.15) is 5.10 Å². The third kappa shape index (κ3) is 4.90. The minimum absolute atomic E-state index is 0.118. The molecule has 1 saturated carbocycles. The summed E-state index contributed by atoms with van der Waals surface area (Å²) in [5, 5.41) is 10.4. The average Bonchev–Trinajstić information content (AvgIpc) is 3.49. The molecule has 4 rings (SSSR count). The summed E-state index contributed by atoms with van der Waals surface area (Å²) >= 11 is 0. The van der Waals surface area contributed by atoms with Crippen molar-refractivity contribution in [1.29, 1.82) is 0 Å². The van der Waals surface area contributed by atoms with Crippen molar-refractivity contribution in [2.24, 2.45) is 0 Å². The molecule has 9 nitrogen and oxygen atoms in total. The monoisotopic (exact) mass is 481 g/mol. The van der Waals surface area contributed by atoms with Crippen LogP contribution in [-0.2, 0) is 11.3 Å². The molecule has 3 amide bonds. The van der Waals surface area contributed by atoms with Crippen LogP contribution in [0.15, 0.2) is 24.3 Å². The van der Waals surface area contributed by atoms with Crippen molar-refractivity contribution in [1.82, 2.24) is 20.0 Å². The fourth-order valence-electron chi connectivity index (χ4n) is 4.94. The van der Waals surface area contributed by atoms with Gasteiger partial charge in [0.15, 0.2) is 5.69 Å². The van der Waals surface area contributed by atoms with E-state index in [4.69, 9.17) is 4.74 Å². The molecule has 1 aromatic heterocycles. The lowest BCUT2D eigenvalue weighted by atomic mass is 9.94. The number of amides is 3. The molecule has 1 fully saturated rings. The van der Waals surface area contributed by atoms with Crippen molar-refractivity contribution in [3.05, 3.63) is 41.2 Å². The summed E-state index contributed by atoms with van der Waals surface area (Å²) in [6.07, 6.45) is 5.82. The van der Waals surface area contributed by atoms with Gasteiger partial charge in [0.2, 0.25) is 5.91 Å². The maximum absolute atomic E-state index is 13.6. The number of nitrogens with zero attached hydrogens (tertiary/aromatic N) is 3. The van der Waals surface area contributed by atoms with E-state index < -0.39 is 11.4 Å². The van der Waals surface area contributed by atoms with Gasteiger partial charge in [0.05, 0.1) is 19.3 Å². The Bertz CT molecular complexity index is 1120. The van der Waals surface area contributed by atoms with E-state index in [9.17, 15) is 14.4 Å². The molecule has 188 valence electrons. The molecule has 0 radical (unpaired) electrons. The summed E-state index contributed by atoms with van der Waals surface area (Å²) in [7, 11) is 1.54. The van der Waals surface area contributed by atoms with Crippen LogP contribution < -0.4 is 15.4 Å². The first-order valence-electron chi connectivity index (χ1n) is 12.4. The lowest BCUT2D eigenvalue weighted by Crippen LogP contribution is -2.65. The Labute approximate surface area is 206 Å². The Hall–Kier alpha value is -3.36. The zero-order valence-electron chi connectivity index (χ0n) is 21.0. The number of hydrogen-bond donors (Lipinski definition) is 2. The van der Waals surface area contributed by atoms with E-state index in [2.05, 4.69) is 22.7 Å². The smallest absolute Gasteiger partial charge is 0.276 e. The zero-order chi connectivity index (χ0) is 25.2. The normalized spacial score (nSPS) is 20.0. The van der Waals surface area contributed by atoms with E-state index in [1.807, 2.05) is 19.1 Å². The van der Waals surface area contributed by atoms with E-state index in [1.54, 1.807) is 17.9 Å². The molecule has 1 aliphatic heterocycles. The van der Waals surface area contributed by atoms with Crippen molar-refractivity contribution in [2.75, 3.05) is 19.0 Å². The lowest BCUT2D eigenvalue weighted by Gasteiger charge is -2.43. The van der Waals surface area contributed by atoms with Crippen LogP contribution in [0, 0.1) is 6.92 Å². The third-order valence-electron chi connectivity index (χ3n) is 7.05. The predicted octanol–water partition coefficient (Wildman–Crippen LogP) is 3.53. The maximum Gasteiger partial charge on any atom is 0.276 e. The summed E-state index contributed by atoms with van der Waals surface area (Å²) in [6.45, 7) is 6.43. The van der Waals surface area contributed by atoms with Crippen molar-refractivity contribution < 1.29 is 19.1 Å². The molecular formula is C26H35N5O4. The first kappa shape index (κ1) is 24.8. The summed E-state index contributed by atoms with van der Waals surface area (Å²) < 4.78 is 6.85. The van der Waals surface area contributed by atoms with Crippen molar-refractivity contribution in [3.63, 3.8) is 0 Å². The molecule has 1 aliphatic carbocycles. The van der Waals surface area contributed by atoms with Crippen LogP contribution in [0.5, 0.6) is 5.75 Å². The van der Waals surface area contributed by atoms with Gasteiger partial charge in [-0.15, -0.1) is 0 Å². The van der Waals surface area contributed by atoms with Gasteiger partial charge >= 0.3 is 0 Å². The van der Waals surface area contributed by atoms with Gasteiger partial charge in [-0.05, 0) is 50.8 Å². The van der Waals surface area contributed by atoms with Crippen LogP contribution in [0.2, 0.25) is 0 Å². The van der Waals surface area contributed by atoms with Gasteiger partial charge in [-0.1, -0.05) is 32.3 Å². The second-order valence-corrected chi connectivity index (χ2v) is 9.77. The van der Waals surface area contributed by atoms with E-state index in [0.717, 1.165) is 44.1 Å². The molecular weight excluding hydrogens is 446 g/mol. The second kappa shape index (κ2) is 10.1. The molecule has 0 bridgehead atoms. The Balaban J connectivity index is 1.61. The van der Waals surface area contributed by atoms with Crippen LogP contribution in [-0.4, -0.2) is 57.6 Å². The molecule has 2 heterocycles. The molecule has 1 aromatic carbocycles. The first-order valence-corrected chi connectivity index (χ1v) is 12.4. The number of rotatable bonds is 8. The highest BCUT2D eigenvalue weighted by molar-refractivity contribution is 6.06. The quantitative estimate of drug-likeness (QED) is 0.600. The minimum atomic E-state index is -1.08. The number of benzene rings is 1. The number of aryl methyl sites for hydroxylation is 1. The van der Waals surface area contributed by atoms with Crippen LogP contribution in [0.3, 0.4) is 0 Å². The van der Waals surface area contributed by atoms with Gasteiger partial charge in [0.1, 0.15) is 17.0 Å². The van der Waals surface area contributed by atoms with Gasteiger partial charge in [-0.25, -0.2) is 0 Å². The maximum atomic E-state index is 13.6. The number of fused-ring (bicyclic) bond motifs is 1. The Morgan fingerprint density at radius 2 is 1.97 bits per heavy atom. The summed E-state index contributed by atoms with van der Waals surface area (Å²) in [5.41, 5.74) is 0.846. The number of ether oxygens (including phenoxy) is 1. The highest BCUT2D eigenvalue weighted by Gasteiger charge is 2.48. The number of carbonyl (C=O) groups is 3. The number of nitrogens with one attached hydrogen (secondary N) is 2. The lowest BCUT2D eigenvalue weighted by molar-refractivity contribution is -0.133.